The largest absolute Gasteiger partial charge is 0.480 e. The van der Waals surface area contributed by atoms with Crippen molar-refractivity contribution in [3.63, 3.8) is 0 Å². The van der Waals surface area contributed by atoms with E-state index in [9.17, 15) is 4.79 Å². The Bertz CT molecular complexity index is 345. The molecule has 6 nitrogen and oxygen atoms in total. The van der Waals surface area contributed by atoms with E-state index in [1.807, 2.05) is 0 Å². The number of rotatable bonds is 4. The van der Waals surface area contributed by atoms with Gasteiger partial charge >= 0.3 is 12.0 Å². The van der Waals surface area contributed by atoms with Gasteiger partial charge in [-0.15, -0.1) is 0 Å². The zero-order valence-corrected chi connectivity index (χ0v) is 7.80. The summed E-state index contributed by atoms with van der Waals surface area (Å²) in [4.78, 5) is 15.9. The average molecular weight is 197 g/mol. The molecule has 0 aliphatic heterocycles. The van der Waals surface area contributed by atoms with Crippen molar-refractivity contribution in [2.24, 2.45) is 0 Å². The van der Waals surface area contributed by atoms with Crippen molar-refractivity contribution in [1.82, 2.24) is 10.1 Å². The molecule has 1 aromatic heterocycles. The van der Waals surface area contributed by atoms with Gasteiger partial charge < -0.3 is 14.5 Å². The van der Waals surface area contributed by atoms with Gasteiger partial charge in [-0.05, 0) is 12.8 Å². The minimum Gasteiger partial charge on any atom is -0.480 e. The fraction of sp³-hybridized carbons (Fsp3) is 0.625. The first kappa shape index (κ1) is 8.98. The number of hydrogen-bond acceptors (Lipinski definition) is 5. The van der Waals surface area contributed by atoms with E-state index in [1.165, 1.54) is 4.90 Å². The molecule has 0 bridgehead atoms. The first-order valence-electron chi connectivity index (χ1n) is 4.43. The van der Waals surface area contributed by atoms with Gasteiger partial charge in [0.15, 0.2) is 5.82 Å². The zero-order chi connectivity index (χ0) is 10.1. The van der Waals surface area contributed by atoms with Crippen molar-refractivity contribution >= 4 is 12.0 Å². The summed E-state index contributed by atoms with van der Waals surface area (Å²) in [6.45, 7) is -0.133. The summed E-state index contributed by atoms with van der Waals surface area (Å²) in [5.74, 6) is 0.196. The van der Waals surface area contributed by atoms with Gasteiger partial charge in [-0.3, -0.25) is 4.79 Å². The van der Waals surface area contributed by atoms with E-state index in [2.05, 4.69) is 10.1 Å². The van der Waals surface area contributed by atoms with E-state index < -0.39 is 5.97 Å². The lowest BCUT2D eigenvalue weighted by Gasteiger charge is -2.08. The fourth-order valence-corrected chi connectivity index (χ4v) is 1.16. The molecular formula is C8H11N3O3. The second-order valence-corrected chi connectivity index (χ2v) is 3.46. The SMILES string of the molecule is CN(CC(=O)O)c1nc(C2CC2)no1. The molecular weight excluding hydrogens is 186 g/mol. The molecule has 1 aromatic rings. The number of nitrogens with zero attached hydrogens (tertiary/aromatic N) is 3. The Hall–Kier alpha value is -1.59. The van der Waals surface area contributed by atoms with Crippen LogP contribution >= 0.6 is 0 Å². The smallest absolute Gasteiger partial charge is 0.324 e. The van der Waals surface area contributed by atoms with Gasteiger partial charge in [-0.2, -0.15) is 4.98 Å². The lowest BCUT2D eigenvalue weighted by atomic mass is 10.4. The second kappa shape index (κ2) is 3.28. The van der Waals surface area contributed by atoms with E-state index in [0.29, 0.717) is 11.7 Å². The lowest BCUT2D eigenvalue weighted by molar-refractivity contribution is -0.135. The monoisotopic (exact) mass is 197 g/mol. The van der Waals surface area contributed by atoms with Crippen LogP contribution in [0.15, 0.2) is 4.52 Å². The summed E-state index contributed by atoms with van der Waals surface area (Å²) in [6.07, 6.45) is 2.20. The standard InChI is InChI=1S/C8H11N3O3/c1-11(4-6(12)13)8-9-7(10-14-8)5-2-3-5/h5H,2-4H2,1H3,(H,12,13). The summed E-state index contributed by atoms with van der Waals surface area (Å²) in [5, 5.41) is 12.3. The normalized spacial score (nSPS) is 15.5. The quantitative estimate of drug-likeness (QED) is 0.755. The molecule has 0 atom stereocenters. The number of anilines is 1. The first-order valence-corrected chi connectivity index (χ1v) is 4.43. The molecule has 6 heteroatoms. The highest BCUT2D eigenvalue weighted by molar-refractivity contribution is 5.72. The maximum atomic E-state index is 10.4. The van der Waals surface area contributed by atoms with Crippen LogP contribution in [0.2, 0.25) is 0 Å². The third-order valence-electron chi connectivity index (χ3n) is 2.07. The molecule has 1 aliphatic carbocycles. The molecule has 1 saturated carbocycles. The molecule has 1 N–H and O–H groups in total. The van der Waals surface area contributed by atoms with E-state index in [-0.39, 0.29) is 12.6 Å². The highest BCUT2D eigenvalue weighted by Crippen LogP contribution is 2.38. The molecule has 0 spiro atoms. The van der Waals surface area contributed by atoms with Crippen LogP contribution in [-0.2, 0) is 4.79 Å². The third-order valence-corrected chi connectivity index (χ3v) is 2.07. The maximum absolute atomic E-state index is 10.4. The number of aromatic nitrogens is 2. The van der Waals surface area contributed by atoms with Crippen molar-refractivity contribution < 1.29 is 14.4 Å². The number of aliphatic carboxylic acids is 1. The van der Waals surface area contributed by atoms with Crippen LogP contribution in [-0.4, -0.2) is 34.8 Å². The van der Waals surface area contributed by atoms with Crippen molar-refractivity contribution in [3.8, 4) is 0 Å². The summed E-state index contributed by atoms with van der Waals surface area (Å²) in [7, 11) is 1.61. The van der Waals surface area contributed by atoms with Gasteiger partial charge in [-0.25, -0.2) is 0 Å². The molecule has 1 aliphatic rings. The summed E-state index contributed by atoms with van der Waals surface area (Å²) < 4.78 is 4.93. The van der Waals surface area contributed by atoms with Crippen LogP contribution in [0.4, 0.5) is 6.01 Å². The van der Waals surface area contributed by atoms with Crippen molar-refractivity contribution in [3.05, 3.63) is 5.82 Å². The van der Waals surface area contributed by atoms with E-state index >= 15 is 0 Å². The molecule has 0 saturated heterocycles. The number of carbonyl (C=O) groups is 1. The predicted molar refractivity (Wildman–Crippen MR) is 47.2 cm³/mol. The van der Waals surface area contributed by atoms with Gasteiger partial charge in [0.2, 0.25) is 0 Å². The maximum Gasteiger partial charge on any atom is 0.324 e. The minimum atomic E-state index is -0.918. The van der Waals surface area contributed by atoms with Crippen LogP contribution in [0.5, 0.6) is 0 Å². The second-order valence-electron chi connectivity index (χ2n) is 3.46. The van der Waals surface area contributed by atoms with Crippen LogP contribution in [0, 0.1) is 0 Å². The minimum absolute atomic E-state index is 0.133. The third kappa shape index (κ3) is 1.84. The molecule has 14 heavy (non-hydrogen) atoms. The average Bonchev–Trinajstić information content (AvgIpc) is 2.82. The number of carboxylic acid groups (broad SMARTS) is 1. The summed E-state index contributed by atoms with van der Waals surface area (Å²) in [5.41, 5.74) is 0. The molecule has 0 amide bonds. The Kier molecular flexibility index (Phi) is 2.11. The molecule has 1 fully saturated rings. The number of carboxylic acids is 1. The van der Waals surface area contributed by atoms with Crippen LogP contribution in [0.25, 0.3) is 0 Å². The van der Waals surface area contributed by atoms with E-state index in [1.54, 1.807) is 7.05 Å². The van der Waals surface area contributed by atoms with E-state index in [4.69, 9.17) is 9.63 Å². The van der Waals surface area contributed by atoms with Gasteiger partial charge in [0.05, 0.1) is 0 Å². The van der Waals surface area contributed by atoms with Crippen LogP contribution in [0.1, 0.15) is 24.6 Å². The molecule has 2 rings (SSSR count). The molecule has 0 aromatic carbocycles. The number of likely N-dealkylation sites (N-methyl/N-ethyl adjacent to an activating group) is 1. The Labute approximate surface area is 80.5 Å². The Morgan fingerprint density at radius 1 is 1.71 bits per heavy atom. The zero-order valence-electron chi connectivity index (χ0n) is 7.80. The van der Waals surface area contributed by atoms with Gasteiger partial charge in [0.1, 0.15) is 6.54 Å². The summed E-state index contributed by atoms with van der Waals surface area (Å²) >= 11 is 0. The van der Waals surface area contributed by atoms with Gasteiger partial charge in [-0.1, -0.05) is 5.16 Å². The van der Waals surface area contributed by atoms with Crippen LogP contribution < -0.4 is 4.90 Å². The van der Waals surface area contributed by atoms with E-state index in [0.717, 1.165) is 12.8 Å². The van der Waals surface area contributed by atoms with Gasteiger partial charge in [0, 0.05) is 13.0 Å². The Balaban J connectivity index is 2.03. The summed E-state index contributed by atoms with van der Waals surface area (Å²) in [6, 6.07) is 0.273. The molecule has 0 unspecified atom stereocenters. The molecule has 0 radical (unpaired) electrons. The predicted octanol–water partition coefficient (Wildman–Crippen LogP) is 0.468. The topological polar surface area (TPSA) is 79.5 Å². The Morgan fingerprint density at radius 2 is 2.43 bits per heavy atom. The molecule has 1 heterocycles. The van der Waals surface area contributed by atoms with Crippen LogP contribution in [0.3, 0.4) is 0 Å². The number of hydrogen-bond donors (Lipinski definition) is 1. The molecule has 76 valence electrons. The van der Waals surface area contributed by atoms with Gasteiger partial charge in [0.25, 0.3) is 0 Å². The fourth-order valence-electron chi connectivity index (χ4n) is 1.16. The Morgan fingerprint density at radius 3 is 3.00 bits per heavy atom. The first-order chi connectivity index (χ1) is 6.66. The van der Waals surface area contributed by atoms with Crippen molar-refractivity contribution in [2.75, 3.05) is 18.5 Å². The van der Waals surface area contributed by atoms with Crippen molar-refractivity contribution in [1.29, 1.82) is 0 Å². The van der Waals surface area contributed by atoms with Crippen molar-refractivity contribution in [2.45, 2.75) is 18.8 Å². The lowest BCUT2D eigenvalue weighted by Crippen LogP contribution is -2.25. The highest BCUT2D eigenvalue weighted by Gasteiger charge is 2.29. The highest BCUT2D eigenvalue weighted by atomic mass is 16.5.